The van der Waals surface area contributed by atoms with Crippen molar-refractivity contribution < 1.29 is 0 Å². The van der Waals surface area contributed by atoms with E-state index in [0.717, 1.165) is 0 Å². The van der Waals surface area contributed by atoms with E-state index in [2.05, 4.69) is 35.6 Å². The van der Waals surface area contributed by atoms with Crippen LogP contribution in [0, 0.1) is 0 Å². The molecule has 0 aromatic carbocycles. The van der Waals surface area contributed by atoms with Crippen LogP contribution in [0.15, 0.2) is 0 Å². The fourth-order valence-corrected chi connectivity index (χ4v) is 2.89. The molecule has 3 heteroatoms. The molecule has 2 aliphatic rings. The second-order valence-electron chi connectivity index (χ2n) is 6.05. The average molecular weight is 286 g/mol. The van der Waals surface area contributed by atoms with Crippen molar-refractivity contribution in [2.75, 3.05) is 59.4 Å². The predicted octanol–water partition coefficient (Wildman–Crippen LogP) is 3.16. The van der Waals surface area contributed by atoms with Crippen molar-refractivity contribution in [1.29, 1.82) is 0 Å². The summed E-state index contributed by atoms with van der Waals surface area (Å²) in [5, 5.41) is 0. The fraction of sp³-hybridized carbons (Fsp3) is 1.00. The van der Waals surface area contributed by atoms with Crippen LogP contribution >= 0.6 is 0 Å². The summed E-state index contributed by atoms with van der Waals surface area (Å²) in [6.45, 7) is 14.9. The van der Waals surface area contributed by atoms with E-state index in [1.807, 2.05) is 0 Å². The first-order chi connectivity index (χ1) is 9.26. The van der Waals surface area contributed by atoms with Crippen LogP contribution in [0.1, 0.15) is 53.4 Å². The Balaban J connectivity index is 0.000000345. The first-order valence-electron chi connectivity index (χ1n) is 8.39. The first kappa shape index (κ1) is 19.9. The van der Waals surface area contributed by atoms with E-state index in [1.54, 1.807) is 0 Å². The van der Waals surface area contributed by atoms with E-state index in [1.165, 1.54) is 84.5 Å². The normalized spacial score (nSPS) is 21.8. The molecule has 0 unspecified atom stereocenters. The number of hydrogen-bond donors (Lipinski definition) is 0. The Hall–Kier alpha value is -0.120. The molecule has 0 aromatic heterocycles. The Labute approximate surface area is 128 Å². The fourth-order valence-electron chi connectivity index (χ4n) is 2.89. The summed E-state index contributed by atoms with van der Waals surface area (Å²) < 4.78 is 0. The highest BCUT2D eigenvalue weighted by atomic mass is 15.2. The van der Waals surface area contributed by atoms with Gasteiger partial charge in [0.15, 0.2) is 0 Å². The minimum atomic E-state index is 0. The number of piperazine rings is 1. The summed E-state index contributed by atoms with van der Waals surface area (Å²) in [7, 11) is 2.20. The van der Waals surface area contributed by atoms with E-state index in [4.69, 9.17) is 0 Å². The van der Waals surface area contributed by atoms with Gasteiger partial charge in [0.25, 0.3) is 0 Å². The first-order valence-corrected chi connectivity index (χ1v) is 8.39. The van der Waals surface area contributed by atoms with Gasteiger partial charge in [-0.2, -0.15) is 0 Å². The summed E-state index contributed by atoms with van der Waals surface area (Å²) in [6.07, 6.45) is 6.93. The van der Waals surface area contributed by atoms with Crippen LogP contribution in [-0.4, -0.2) is 74.1 Å². The highest BCUT2D eigenvalue weighted by Crippen LogP contribution is 2.08. The molecule has 2 heterocycles. The third kappa shape index (κ3) is 8.93. The Morgan fingerprint density at radius 2 is 1.10 bits per heavy atom. The van der Waals surface area contributed by atoms with Gasteiger partial charge in [-0.05, 0) is 58.9 Å². The molecule has 0 aromatic rings. The molecule has 2 rings (SSSR count). The third-order valence-electron chi connectivity index (χ3n) is 4.12. The van der Waals surface area contributed by atoms with Gasteiger partial charge in [0.2, 0.25) is 0 Å². The molecule has 0 spiro atoms. The summed E-state index contributed by atoms with van der Waals surface area (Å²) in [5.74, 6) is 0. The molecule has 0 radical (unpaired) electrons. The summed E-state index contributed by atoms with van der Waals surface area (Å²) >= 11 is 0. The van der Waals surface area contributed by atoms with Gasteiger partial charge in [-0.15, -0.1) is 0 Å². The zero-order chi connectivity index (χ0) is 13.9. The molecule has 122 valence electrons. The molecule has 0 atom stereocenters. The molecular formula is C17H39N3. The van der Waals surface area contributed by atoms with Crippen LogP contribution in [0.4, 0.5) is 0 Å². The lowest BCUT2D eigenvalue weighted by Gasteiger charge is -2.31. The van der Waals surface area contributed by atoms with Crippen molar-refractivity contribution >= 4 is 0 Å². The number of piperidine rings is 1. The molecule has 2 aliphatic heterocycles. The Bertz CT molecular complexity index is 192. The number of likely N-dealkylation sites (N-methyl/N-ethyl adjacent to an activating group) is 1. The van der Waals surface area contributed by atoms with Gasteiger partial charge in [0.05, 0.1) is 0 Å². The van der Waals surface area contributed by atoms with E-state index in [-0.39, 0.29) is 7.43 Å². The monoisotopic (exact) mass is 285 g/mol. The van der Waals surface area contributed by atoms with Crippen LogP contribution in [0.2, 0.25) is 0 Å². The van der Waals surface area contributed by atoms with Crippen molar-refractivity contribution in [3.05, 3.63) is 0 Å². The smallest absolute Gasteiger partial charge is 0.0110 e. The highest BCUT2D eigenvalue weighted by molar-refractivity contribution is 4.68. The second-order valence-corrected chi connectivity index (χ2v) is 6.05. The molecule has 0 saturated carbocycles. The molecular weight excluding hydrogens is 246 g/mol. The molecule has 0 bridgehead atoms. The Kier molecular flexibility index (Phi) is 12.5. The zero-order valence-corrected chi connectivity index (χ0v) is 13.5. The van der Waals surface area contributed by atoms with Gasteiger partial charge in [0.1, 0.15) is 0 Å². The maximum Gasteiger partial charge on any atom is 0.0110 e. The minimum Gasteiger partial charge on any atom is -0.304 e. The van der Waals surface area contributed by atoms with E-state index in [9.17, 15) is 0 Å². The maximum atomic E-state index is 2.57. The van der Waals surface area contributed by atoms with Gasteiger partial charge >= 0.3 is 0 Å². The summed E-state index contributed by atoms with van der Waals surface area (Å²) in [5.41, 5.74) is 0. The molecule has 2 saturated heterocycles. The summed E-state index contributed by atoms with van der Waals surface area (Å²) in [4.78, 5) is 7.51. The number of hydrogen-bond acceptors (Lipinski definition) is 3. The zero-order valence-electron chi connectivity index (χ0n) is 13.5. The maximum absolute atomic E-state index is 2.57. The molecule has 0 N–H and O–H groups in total. The largest absolute Gasteiger partial charge is 0.304 e. The van der Waals surface area contributed by atoms with Crippen molar-refractivity contribution in [3.63, 3.8) is 0 Å². The second kappa shape index (κ2) is 12.6. The third-order valence-corrected chi connectivity index (χ3v) is 4.12. The standard InChI is InChI=1S/C8H18N2.C8H17N.CH4/c1-3-4-10-7-5-9(2)6-8-10;1-2-6-9-7-4-3-5-8-9;/h3-8H2,1-2H3;2-8H2,1H3;1H4. The van der Waals surface area contributed by atoms with Crippen molar-refractivity contribution in [3.8, 4) is 0 Å². The molecule has 20 heavy (non-hydrogen) atoms. The van der Waals surface area contributed by atoms with Gasteiger partial charge in [-0.3, -0.25) is 0 Å². The molecule has 0 amide bonds. The Morgan fingerprint density at radius 1 is 0.650 bits per heavy atom. The quantitative estimate of drug-likeness (QED) is 0.785. The lowest BCUT2D eigenvalue weighted by molar-refractivity contribution is 0.154. The van der Waals surface area contributed by atoms with Crippen LogP contribution in [0.25, 0.3) is 0 Å². The Morgan fingerprint density at radius 3 is 1.55 bits per heavy atom. The van der Waals surface area contributed by atoms with E-state index >= 15 is 0 Å². The van der Waals surface area contributed by atoms with E-state index < -0.39 is 0 Å². The van der Waals surface area contributed by atoms with Crippen LogP contribution in [0.5, 0.6) is 0 Å². The predicted molar refractivity (Wildman–Crippen MR) is 91.5 cm³/mol. The topological polar surface area (TPSA) is 9.72 Å². The number of nitrogens with zero attached hydrogens (tertiary/aromatic N) is 3. The SMILES string of the molecule is C.CCCN1CCCCC1.CCCN1CCN(C)CC1. The van der Waals surface area contributed by atoms with E-state index in [0.29, 0.717) is 0 Å². The minimum absolute atomic E-state index is 0. The lowest BCUT2D eigenvalue weighted by Crippen LogP contribution is -2.44. The van der Waals surface area contributed by atoms with Gasteiger partial charge in [-0.25, -0.2) is 0 Å². The van der Waals surface area contributed by atoms with Crippen LogP contribution < -0.4 is 0 Å². The van der Waals surface area contributed by atoms with Crippen molar-refractivity contribution in [2.24, 2.45) is 0 Å². The molecule has 0 aliphatic carbocycles. The van der Waals surface area contributed by atoms with Crippen LogP contribution in [-0.2, 0) is 0 Å². The molecule has 2 fully saturated rings. The number of rotatable bonds is 4. The van der Waals surface area contributed by atoms with Gasteiger partial charge in [-0.1, -0.05) is 27.7 Å². The van der Waals surface area contributed by atoms with Crippen molar-refractivity contribution in [1.82, 2.24) is 14.7 Å². The summed E-state index contributed by atoms with van der Waals surface area (Å²) in [6, 6.07) is 0. The number of likely N-dealkylation sites (tertiary alicyclic amines) is 1. The average Bonchev–Trinajstić information content (AvgIpc) is 2.44. The van der Waals surface area contributed by atoms with Gasteiger partial charge < -0.3 is 14.7 Å². The van der Waals surface area contributed by atoms with Gasteiger partial charge in [0, 0.05) is 26.2 Å². The molecule has 3 nitrogen and oxygen atoms in total. The van der Waals surface area contributed by atoms with Crippen molar-refractivity contribution in [2.45, 2.75) is 53.4 Å². The van der Waals surface area contributed by atoms with Crippen LogP contribution in [0.3, 0.4) is 0 Å². The lowest BCUT2D eigenvalue weighted by atomic mass is 10.1. The highest BCUT2D eigenvalue weighted by Gasteiger charge is 2.11.